The lowest BCUT2D eigenvalue weighted by atomic mass is 10.2. The Kier molecular flexibility index (Phi) is 7.66. The zero-order valence-electron chi connectivity index (χ0n) is 14.5. The maximum absolute atomic E-state index is 12.9. The Hall–Kier alpha value is -1.86. The van der Waals surface area contributed by atoms with Gasteiger partial charge in [0.15, 0.2) is 9.84 Å². The van der Waals surface area contributed by atoms with Gasteiger partial charge < -0.3 is 5.32 Å². The molecule has 1 N–H and O–H groups in total. The molecule has 0 aliphatic rings. The number of thioether (sulfide) groups is 1. The summed E-state index contributed by atoms with van der Waals surface area (Å²) in [6.07, 6.45) is 0.794. The molecule has 0 unspecified atom stereocenters. The average Bonchev–Trinajstić information content (AvgIpc) is 2.62. The molecular weight excluding hydrogens is 373 g/mol. The molecule has 0 saturated heterocycles. The van der Waals surface area contributed by atoms with Crippen molar-refractivity contribution in [1.82, 2.24) is 5.32 Å². The Labute approximate surface area is 158 Å². The molecule has 7 heteroatoms. The van der Waals surface area contributed by atoms with E-state index < -0.39 is 21.6 Å². The average molecular weight is 396 g/mol. The Bertz CT molecular complexity index is 808. The van der Waals surface area contributed by atoms with Gasteiger partial charge in [-0.05, 0) is 48.6 Å². The summed E-state index contributed by atoms with van der Waals surface area (Å²) in [5.41, 5.74) is 0. The van der Waals surface area contributed by atoms with Crippen LogP contribution in [-0.2, 0) is 14.6 Å². The first-order valence-corrected chi connectivity index (χ1v) is 11.0. The van der Waals surface area contributed by atoms with Crippen molar-refractivity contribution in [2.24, 2.45) is 5.92 Å². The lowest BCUT2D eigenvalue weighted by molar-refractivity contribution is -0.123. The number of hydrogen-bond acceptors (Lipinski definition) is 4. The van der Waals surface area contributed by atoms with E-state index in [4.69, 9.17) is 0 Å². The summed E-state index contributed by atoms with van der Waals surface area (Å²) in [6.45, 7) is 2.08. The van der Waals surface area contributed by atoms with Crippen molar-refractivity contribution in [3.05, 3.63) is 60.4 Å². The molecule has 0 aliphatic heterocycles. The van der Waals surface area contributed by atoms with Gasteiger partial charge >= 0.3 is 0 Å². The lowest BCUT2D eigenvalue weighted by Crippen LogP contribution is -2.33. The van der Waals surface area contributed by atoms with Crippen molar-refractivity contribution in [3.63, 3.8) is 0 Å². The second-order valence-corrected chi connectivity index (χ2v) is 9.15. The van der Waals surface area contributed by atoms with Crippen molar-refractivity contribution >= 4 is 27.5 Å². The Morgan fingerprint density at radius 3 is 2.42 bits per heavy atom. The summed E-state index contributed by atoms with van der Waals surface area (Å²) in [5, 5.41) is 2.78. The van der Waals surface area contributed by atoms with Crippen LogP contribution in [0.1, 0.15) is 13.3 Å². The van der Waals surface area contributed by atoms with E-state index in [1.54, 1.807) is 18.7 Å². The minimum Gasteiger partial charge on any atom is -0.356 e. The highest BCUT2D eigenvalue weighted by Gasteiger charge is 2.23. The van der Waals surface area contributed by atoms with Gasteiger partial charge in [-0.3, -0.25) is 4.79 Å². The van der Waals surface area contributed by atoms with Crippen LogP contribution in [0.4, 0.5) is 4.39 Å². The van der Waals surface area contributed by atoms with Gasteiger partial charge in [0.25, 0.3) is 0 Å². The fourth-order valence-electron chi connectivity index (χ4n) is 2.31. The Morgan fingerprint density at radius 1 is 1.12 bits per heavy atom. The molecule has 2 rings (SSSR count). The van der Waals surface area contributed by atoms with Crippen LogP contribution in [0.15, 0.2) is 64.4 Å². The largest absolute Gasteiger partial charge is 0.356 e. The van der Waals surface area contributed by atoms with Crippen molar-refractivity contribution in [3.8, 4) is 0 Å². The predicted octanol–water partition coefficient (Wildman–Crippen LogP) is 3.53. The van der Waals surface area contributed by atoms with Crippen molar-refractivity contribution < 1.29 is 17.6 Å². The molecule has 140 valence electrons. The van der Waals surface area contributed by atoms with E-state index in [1.165, 1.54) is 17.0 Å². The van der Waals surface area contributed by atoms with Crippen LogP contribution in [0, 0.1) is 11.7 Å². The van der Waals surface area contributed by atoms with Crippen LogP contribution < -0.4 is 5.32 Å². The molecule has 1 atom stereocenters. The van der Waals surface area contributed by atoms with Crippen molar-refractivity contribution in [2.75, 3.05) is 18.1 Å². The first-order chi connectivity index (χ1) is 12.4. The molecule has 2 aromatic carbocycles. The van der Waals surface area contributed by atoms with E-state index in [2.05, 4.69) is 5.32 Å². The number of carbonyl (C=O) groups is 1. The molecule has 0 bridgehead atoms. The van der Waals surface area contributed by atoms with Gasteiger partial charge in [-0.2, -0.15) is 0 Å². The first kappa shape index (κ1) is 20.5. The van der Waals surface area contributed by atoms with E-state index >= 15 is 0 Å². The number of halogens is 1. The third-order valence-electron chi connectivity index (χ3n) is 3.72. The molecule has 4 nitrogen and oxygen atoms in total. The Balaban J connectivity index is 1.74. The van der Waals surface area contributed by atoms with Crippen LogP contribution in [-0.4, -0.2) is 32.4 Å². The molecule has 0 aliphatic carbocycles. The van der Waals surface area contributed by atoms with Gasteiger partial charge in [-0.25, -0.2) is 12.8 Å². The summed E-state index contributed by atoms with van der Waals surface area (Å²) in [4.78, 5) is 13.3. The summed E-state index contributed by atoms with van der Waals surface area (Å²) in [6, 6.07) is 14.6. The molecule has 0 heterocycles. The second-order valence-electron chi connectivity index (χ2n) is 5.94. The number of nitrogens with one attached hydrogen (secondary N) is 1. The summed E-state index contributed by atoms with van der Waals surface area (Å²) in [5.74, 6) is -0.897. The highest BCUT2D eigenvalue weighted by Crippen LogP contribution is 2.17. The van der Waals surface area contributed by atoms with Gasteiger partial charge in [-0.1, -0.05) is 25.1 Å². The quantitative estimate of drug-likeness (QED) is 0.401. The summed E-state index contributed by atoms with van der Waals surface area (Å²) < 4.78 is 37.5. The number of amides is 1. The highest BCUT2D eigenvalue weighted by atomic mass is 32.2. The molecular formula is C19H22FNO3S2. The number of rotatable bonds is 9. The lowest BCUT2D eigenvalue weighted by Gasteiger charge is -2.13. The number of hydrogen-bond donors (Lipinski definition) is 1. The first-order valence-electron chi connectivity index (χ1n) is 8.32. The van der Waals surface area contributed by atoms with E-state index in [0.717, 1.165) is 24.3 Å². The molecule has 0 saturated carbocycles. The zero-order valence-corrected chi connectivity index (χ0v) is 16.2. The second kappa shape index (κ2) is 9.73. The molecule has 26 heavy (non-hydrogen) atoms. The van der Waals surface area contributed by atoms with Crippen LogP contribution in [0.5, 0.6) is 0 Å². The minimum atomic E-state index is -3.62. The zero-order chi connectivity index (χ0) is 19.0. The normalized spacial score (nSPS) is 12.5. The smallest absolute Gasteiger partial charge is 0.223 e. The van der Waals surface area contributed by atoms with Crippen LogP contribution in [0.2, 0.25) is 0 Å². The molecule has 2 aromatic rings. The fraction of sp³-hybridized carbons (Fsp3) is 0.316. The summed E-state index contributed by atoms with van der Waals surface area (Å²) >= 11 is 1.71. The van der Waals surface area contributed by atoms with Crippen LogP contribution >= 0.6 is 11.8 Å². The standard InChI is InChI=1S/C19H22FNO3S2/c1-15(14-26(23,24)18-10-8-16(20)9-11-18)19(22)21-12-5-13-25-17-6-3-2-4-7-17/h2-4,6-11,15H,5,12-14H2,1H3,(H,21,22)/t15-/m0/s1. The predicted molar refractivity (Wildman–Crippen MR) is 102 cm³/mol. The Morgan fingerprint density at radius 2 is 1.77 bits per heavy atom. The molecule has 0 fully saturated rings. The van der Waals surface area contributed by atoms with Gasteiger partial charge in [0.1, 0.15) is 5.82 Å². The maximum Gasteiger partial charge on any atom is 0.223 e. The minimum absolute atomic E-state index is 0.0258. The van der Waals surface area contributed by atoms with Crippen LogP contribution in [0.3, 0.4) is 0 Å². The molecule has 0 radical (unpaired) electrons. The summed E-state index contributed by atoms with van der Waals surface area (Å²) in [7, 11) is -3.62. The van der Waals surface area contributed by atoms with Gasteiger partial charge in [0, 0.05) is 17.4 Å². The van der Waals surface area contributed by atoms with Crippen molar-refractivity contribution in [1.29, 1.82) is 0 Å². The number of carbonyl (C=O) groups excluding carboxylic acids is 1. The number of sulfone groups is 1. The number of benzene rings is 2. The van der Waals surface area contributed by atoms with Gasteiger partial charge in [0.05, 0.1) is 10.6 Å². The van der Waals surface area contributed by atoms with Crippen LogP contribution in [0.25, 0.3) is 0 Å². The third-order valence-corrected chi connectivity index (χ3v) is 6.75. The van der Waals surface area contributed by atoms with Gasteiger partial charge in [-0.15, -0.1) is 11.8 Å². The van der Waals surface area contributed by atoms with Crippen molar-refractivity contribution in [2.45, 2.75) is 23.1 Å². The third kappa shape index (κ3) is 6.46. The molecule has 0 spiro atoms. The monoisotopic (exact) mass is 395 g/mol. The van der Waals surface area contributed by atoms with E-state index in [-0.39, 0.29) is 16.6 Å². The molecule has 1 amide bonds. The SMILES string of the molecule is C[C@@H](CS(=O)(=O)c1ccc(F)cc1)C(=O)NCCCSc1ccccc1. The highest BCUT2D eigenvalue weighted by molar-refractivity contribution is 7.99. The maximum atomic E-state index is 12.9. The van der Waals surface area contributed by atoms with Gasteiger partial charge in [0.2, 0.25) is 5.91 Å². The van der Waals surface area contributed by atoms with E-state index in [1.807, 2.05) is 30.3 Å². The fourth-order valence-corrected chi connectivity index (χ4v) is 4.73. The topological polar surface area (TPSA) is 63.2 Å². The van der Waals surface area contributed by atoms with E-state index in [0.29, 0.717) is 6.54 Å². The molecule has 0 aromatic heterocycles. The van der Waals surface area contributed by atoms with E-state index in [9.17, 15) is 17.6 Å².